The normalized spacial score (nSPS) is 27.9. The molecule has 0 saturated carbocycles. The van der Waals surface area contributed by atoms with Gasteiger partial charge in [0, 0.05) is 84.0 Å². The molecule has 7 aliphatic heterocycles. The maximum atomic E-state index is 15.0. The van der Waals surface area contributed by atoms with Crippen LogP contribution in [0.2, 0.25) is 0 Å². The molecule has 4 saturated heterocycles. The van der Waals surface area contributed by atoms with E-state index in [1.54, 1.807) is 0 Å². The van der Waals surface area contributed by atoms with Crippen LogP contribution >= 0.6 is 0 Å². The van der Waals surface area contributed by atoms with E-state index in [1.807, 2.05) is 0 Å². The van der Waals surface area contributed by atoms with Crippen LogP contribution < -0.4 is 58.0 Å². The number of hydrogen-bond acceptors (Lipinski definition) is 19. The average Bonchev–Trinajstić information content (AvgIpc) is 3.81. The molecule has 0 aliphatic carbocycles. The summed E-state index contributed by atoms with van der Waals surface area (Å²) in [5.41, 5.74) is -9.59. The molecule has 2 aromatic rings. The van der Waals surface area contributed by atoms with Crippen LogP contribution in [0.3, 0.4) is 0 Å². The van der Waals surface area contributed by atoms with Crippen LogP contribution in [0.4, 0.5) is 0 Å². The van der Waals surface area contributed by atoms with Gasteiger partial charge in [-0.05, 0) is 69.2 Å². The zero-order valence-electron chi connectivity index (χ0n) is 41.1. The minimum absolute atomic E-state index is 0.0583. The highest BCUT2D eigenvalue weighted by atomic mass is 16.9. The van der Waals surface area contributed by atoms with Gasteiger partial charge in [0.1, 0.15) is 40.5 Å². The van der Waals surface area contributed by atoms with Gasteiger partial charge >= 0.3 is 11.8 Å². The molecule has 9 heterocycles. The van der Waals surface area contributed by atoms with Gasteiger partial charge < -0.3 is 61.1 Å². The Balaban J connectivity index is 1.10. The smallest absolute Gasteiger partial charge is 0.350 e. The van der Waals surface area contributed by atoms with E-state index in [-0.39, 0.29) is 77.8 Å². The van der Waals surface area contributed by atoms with Crippen LogP contribution in [-0.4, -0.2) is 175 Å². The second-order valence-corrected chi connectivity index (χ2v) is 19.7. The van der Waals surface area contributed by atoms with Crippen molar-refractivity contribution in [1.29, 1.82) is 0 Å². The number of hydroxylamine groups is 2. The number of imide groups is 1. The van der Waals surface area contributed by atoms with Crippen molar-refractivity contribution in [2.75, 3.05) is 45.8 Å². The number of carbonyl (C=O) groups excluding carboxylic acids is 10. The van der Waals surface area contributed by atoms with Crippen molar-refractivity contribution in [1.82, 2.24) is 61.5 Å². The lowest BCUT2D eigenvalue weighted by molar-refractivity contribution is -0.335. The molecular formula is C47H58N12O17. The summed E-state index contributed by atoms with van der Waals surface area (Å²) in [6.07, 6.45) is -4.69. The largest absolute Gasteiger partial charge is 0.378 e. The first-order valence-corrected chi connectivity index (χ1v) is 25.2. The van der Waals surface area contributed by atoms with Gasteiger partial charge in [-0.2, -0.15) is 0 Å². The van der Waals surface area contributed by atoms with E-state index in [2.05, 4.69) is 37.2 Å². The van der Waals surface area contributed by atoms with Gasteiger partial charge in [0.05, 0.1) is 12.8 Å². The van der Waals surface area contributed by atoms with E-state index in [0.717, 1.165) is 24.3 Å². The number of amides is 9. The lowest BCUT2D eigenvalue weighted by Gasteiger charge is -2.59. The molecule has 7 aliphatic rings. The maximum Gasteiger partial charge on any atom is 0.350 e. The summed E-state index contributed by atoms with van der Waals surface area (Å²) in [6, 6.07) is 3.40. The van der Waals surface area contributed by atoms with Crippen molar-refractivity contribution in [2.45, 2.75) is 125 Å². The number of aliphatic hydroxyl groups is 2. The molecule has 408 valence electrons. The van der Waals surface area contributed by atoms with Gasteiger partial charge in [-0.3, -0.25) is 63.4 Å². The standard InChI is InChI=1S/C47H58N12O17/c60-31(7-5-8-38(67)74-59-34(63)13-14-35(59)64)48-17-2-1-6-26-24-49-41(70)29-11-10-28-40(69)54-46-16-21-56(37(66)23-33(62)53-46)19-4-3-18-55-20-15-45(52-32(61)22-36(55)65)25-50-39(68)27-9-12-30(42(71)51-26)58(43(27)72)76-47(45,46)75-57(29)44(28)73/h9-12,26,32-33,52-53,61-62H,1-8,13-25H2,(H,48,60)(H,49,70)(H,50,68)(H,51,71)(H,54,69). The highest BCUT2D eigenvalue weighted by Crippen LogP contribution is 2.42. The van der Waals surface area contributed by atoms with E-state index in [9.17, 15) is 67.7 Å². The number of hydrogen-bond donors (Lipinski definition) is 9. The van der Waals surface area contributed by atoms with E-state index in [0.29, 0.717) is 40.2 Å². The third-order valence-corrected chi connectivity index (χ3v) is 14.6. The van der Waals surface area contributed by atoms with Gasteiger partial charge in [0.2, 0.25) is 17.7 Å². The van der Waals surface area contributed by atoms with Gasteiger partial charge in [-0.25, -0.2) is 4.79 Å². The van der Waals surface area contributed by atoms with Crippen molar-refractivity contribution in [3.63, 3.8) is 0 Å². The van der Waals surface area contributed by atoms with Crippen LogP contribution in [0, 0.1) is 0 Å². The van der Waals surface area contributed by atoms with E-state index < -0.39 is 160 Å². The first kappa shape index (κ1) is 53.1. The molecule has 9 amide bonds. The molecule has 6 atom stereocenters. The number of rotatable bonds is 10. The number of aliphatic hydroxyl groups excluding tert-OH is 2. The zero-order chi connectivity index (χ0) is 54.1. The van der Waals surface area contributed by atoms with Gasteiger partial charge in [0.15, 0.2) is 5.66 Å². The lowest BCUT2D eigenvalue weighted by atomic mass is 9.73. The van der Waals surface area contributed by atoms with Crippen molar-refractivity contribution < 1.29 is 72.7 Å². The van der Waals surface area contributed by atoms with Crippen LogP contribution in [-0.2, 0) is 33.6 Å². The Kier molecular flexibility index (Phi) is 15.0. The lowest BCUT2D eigenvalue weighted by Crippen LogP contribution is -2.91. The van der Waals surface area contributed by atoms with E-state index in [1.165, 1.54) is 9.80 Å². The molecular weight excluding hydrogens is 1000 g/mol. The molecule has 76 heavy (non-hydrogen) atoms. The fourth-order valence-electron chi connectivity index (χ4n) is 10.7. The van der Waals surface area contributed by atoms with Gasteiger partial charge in [-0.1, -0.05) is 0 Å². The number of nitrogens with one attached hydrogen (secondary N) is 7. The fourth-order valence-corrected chi connectivity index (χ4v) is 10.7. The van der Waals surface area contributed by atoms with E-state index >= 15 is 0 Å². The molecule has 9 N–H and O–H groups in total. The molecule has 2 aromatic heterocycles. The predicted octanol–water partition coefficient (Wildman–Crippen LogP) is -5.05. The summed E-state index contributed by atoms with van der Waals surface area (Å²) in [5.74, 6) is -10.7. The van der Waals surface area contributed by atoms with Crippen LogP contribution in [0.5, 0.6) is 0 Å². The van der Waals surface area contributed by atoms with Crippen molar-refractivity contribution >= 4 is 59.1 Å². The quantitative estimate of drug-likeness (QED) is 0.0794. The summed E-state index contributed by atoms with van der Waals surface area (Å²) in [4.78, 5) is 186. The minimum atomic E-state index is -3.08. The monoisotopic (exact) mass is 1060 g/mol. The number of aromatic nitrogens is 2. The number of nitrogens with zero attached hydrogens (tertiary/aromatic N) is 5. The third-order valence-electron chi connectivity index (χ3n) is 14.6. The number of unbranched alkanes of at least 4 members (excludes halogenated alkanes) is 1. The zero-order valence-corrected chi connectivity index (χ0v) is 41.1. The molecule has 6 unspecified atom stereocenters. The molecule has 9 rings (SSSR count). The molecule has 3 spiro atoms. The van der Waals surface area contributed by atoms with Gasteiger partial charge in [0.25, 0.3) is 46.6 Å². The van der Waals surface area contributed by atoms with Crippen molar-refractivity contribution in [2.24, 2.45) is 0 Å². The molecule has 4 fully saturated rings. The van der Waals surface area contributed by atoms with Gasteiger partial charge in [-0.15, -0.1) is 14.5 Å². The SMILES string of the molecule is O=C(CCCC(=O)ON1C(=O)CCC1=O)NCCCCC1CNC(=O)c2ccc3c(=O)n2OC24On5c(ccc(c5=O)C(=O)NCC25CCN(CCCCN2CCC4(NC3=O)NC(O)CC2=O)C(=O)CC(O)N5)C(=O)N1. The number of pyridine rings is 2. The summed E-state index contributed by atoms with van der Waals surface area (Å²) < 4.78 is 0.907. The van der Waals surface area contributed by atoms with E-state index in [4.69, 9.17) is 14.5 Å². The number of carbonyl (C=O) groups is 10. The Bertz CT molecular complexity index is 2880. The van der Waals surface area contributed by atoms with Crippen LogP contribution in [0.1, 0.15) is 132 Å². The number of fused-ring (bicyclic) bond motifs is 6. The summed E-state index contributed by atoms with van der Waals surface area (Å²) in [5, 5.41) is 43.9. The highest BCUT2D eigenvalue weighted by molar-refractivity contribution is 6.02. The molecule has 0 radical (unpaired) electrons. The Hall–Kier alpha value is -7.76. The topological polar surface area (TPSA) is 377 Å². The second kappa shape index (κ2) is 21.5. The summed E-state index contributed by atoms with van der Waals surface area (Å²) >= 11 is 0. The first-order chi connectivity index (χ1) is 36.3. The fraction of sp³-hybridized carbons (Fsp3) is 0.574. The first-order valence-electron chi connectivity index (χ1n) is 25.2. The van der Waals surface area contributed by atoms with Crippen LogP contribution in [0.25, 0.3) is 0 Å². The van der Waals surface area contributed by atoms with Crippen LogP contribution in [0.15, 0.2) is 33.9 Å². The molecule has 9 bridgehead atoms. The predicted molar refractivity (Wildman–Crippen MR) is 253 cm³/mol. The average molecular weight is 1060 g/mol. The Morgan fingerprint density at radius 2 is 1.28 bits per heavy atom. The second-order valence-electron chi connectivity index (χ2n) is 19.7. The molecule has 29 nitrogen and oxygen atoms in total. The summed E-state index contributed by atoms with van der Waals surface area (Å²) in [7, 11) is 0. The van der Waals surface area contributed by atoms with Crippen molar-refractivity contribution in [3.05, 3.63) is 67.5 Å². The van der Waals surface area contributed by atoms with Crippen molar-refractivity contribution in [3.8, 4) is 0 Å². The third kappa shape index (κ3) is 10.2. The summed E-state index contributed by atoms with van der Waals surface area (Å²) in [6.45, 7) is -1.10. The Morgan fingerprint density at radius 1 is 0.671 bits per heavy atom. The molecule has 0 aromatic carbocycles. The Labute approximate surface area is 431 Å². The highest BCUT2D eigenvalue weighted by Gasteiger charge is 2.73. The maximum absolute atomic E-state index is 15.0. The molecule has 29 heteroatoms. The minimum Gasteiger partial charge on any atom is -0.378 e. The Morgan fingerprint density at radius 3 is 1.93 bits per heavy atom.